The number of nitrogens with zero attached hydrogens (tertiary/aromatic N) is 1. The molecule has 2 aliphatic heterocycles. The molecule has 1 aliphatic carbocycles. The Bertz CT molecular complexity index is 338. The molecule has 3 aliphatic rings. The molecule has 2 unspecified atom stereocenters. The number of nitrogens with one attached hydrogen (secondary N) is 1. The van der Waals surface area contributed by atoms with Crippen molar-refractivity contribution in [1.82, 2.24) is 10.2 Å². The molecule has 4 nitrogen and oxygen atoms in total. The van der Waals surface area contributed by atoms with E-state index in [-0.39, 0.29) is 5.41 Å². The van der Waals surface area contributed by atoms with Gasteiger partial charge in [-0.05, 0) is 39.2 Å². The van der Waals surface area contributed by atoms with Gasteiger partial charge in [-0.25, -0.2) is 0 Å². The number of carbonyl (C=O) groups is 1. The van der Waals surface area contributed by atoms with E-state index in [0.29, 0.717) is 23.8 Å². The Labute approximate surface area is 115 Å². The fourth-order valence-electron chi connectivity index (χ4n) is 4.34. The summed E-state index contributed by atoms with van der Waals surface area (Å²) in [6.45, 7) is 5.84. The zero-order valence-corrected chi connectivity index (χ0v) is 12.2. The molecule has 0 aromatic carbocycles. The van der Waals surface area contributed by atoms with Crippen molar-refractivity contribution in [1.29, 1.82) is 0 Å². The summed E-state index contributed by atoms with van der Waals surface area (Å²) in [6, 6.07) is 0. The maximum Gasteiger partial charge on any atom is 0.229 e. The Morgan fingerprint density at radius 2 is 2.00 bits per heavy atom. The van der Waals surface area contributed by atoms with E-state index in [2.05, 4.69) is 17.1 Å². The van der Waals surface area contributed by atoms with E-state index in [9.17, 15) is 4.79 Å². The summed E-state index contributed by atoms with van der Waals surface area (Å²) < 4.78 is 5.63. The highest BCUT2D eigenvalue weighted by atomic mass is 16.5. The number of piperidine rings is 2. The van der Waals surface area contributed by atoms with Crippen LogP contribution in [0.3, 0.4) is 0 Å². The number of ether oxygens (including phenoxy) is 1. The van der Waals surface area contributed by atoms with E-state index in [4.69, 9.17) is 4.74 Å². The second kappa shape index (κ2) is 5.06. The van der Waals surface area contributed by atoms with Crippen molar-refractivity contribution in [2.45, 2.75) is 38.7 Å². The second-order valence-electron chi connectivity index (χ2n) is 6.85. The number of hydrogen-bond donors (Lipinski definition) is 1. The number of carbonyl (C=O) groups excluding carboxylic acids is 1. The molecule has 4 atom stereocenters. The zero-order valence-electron chi connectivity index (χ0n) is 12.2. The molecule has 1 saturated carbocycles. The van der Waals surface area contributed by atoms with Gasteiger partial charge in [0.2, 0.25) is 5.91 Å². The molecule has 0 spiro atoms. The largest absolute Gasteiger partial charge is 0.381 e. The zero-order chi connectivity index (χ0) is 13.5. The summed E-state index contributed by atoms with van der Waals surface area (Å²) in [4.78, 5) is 15.0. The van der Waals surface area contributed by atoms with Crippen LogP contribution in [0, 0.1) is 17.3 Å². The maximum atomic E-state index is 12.8. The van der Waals surface area contributed by atoms with Gasteiger partial charge in [-0.2, -0.15) is 0 Å². The number of hydrogen-bond acceptors (Lipinski definition) is 3. The van der Waals surface area contributed by atoms with Crippen LogP contribution in [0.5, 0.6) is 0 Å². The van der Waals surface area contributed by atoms with Crippen LogP contribution in [-0.2, 0) is 9.53 Å². The minimum absolute atomic E-state index is 0.183. The van der Waals surface area contributed by atoms with Gasteiger partial charge in [0.1, 0.15) is 0 Å². The molecular formula is C15H26N2O2. The van der Waals surface area contributed by atoms with E-state index >= 15 is 0 Å². The van der Waals surface area contributed by atoms with Crippen molar-refractivity contribution in [3.8, 4) is 0 Å². The lowest BCUT2D eigenvalue weighted by Gasteiger charge is -2.42. The molecule has 3 fully saturated rings. The Morgan fingerprint density at radius 3 is 2.53 bits per heavy atom. The predicted molar refractivity (Wildman–Crippen MR) is 73.8 cm³/mol. The van der Waals surface area contributed by atoms with E-state index in [1.54, 1.807) is 0 Å². The normalized spacial score (nSPS) is 42.4. The standard InChI is InChI=1S/C15H26N2O2/c1-15(6-3-7-16-10-15)14(18)17-8-11-4-5-12(9-17)13(11)19-2/h11-13,16H,3-10H2,1-2H3/t11-,12+,13?,15?. The van der Waals surface area contributed by atoms with Gasteiger partial charge in [-0.3, -0.25) is 4.79 Å². The smallest absolute Gasteiger partial charge is 0.229 e. The lowest BCUT2D eigenvalue weighted by molar-refractivity contribution is -0.147. The molecule has 19 heavy (non-hydrogen) atoms. The summed E-state index contributed by atoms with van der Waals surface area (Å²) in [5.41, 5.74) is -0.183. The summed E-state index contributed by atoms with van der Waals surface area (Å²) in [5.74, 6) is 1.49. The number of fused-ring (bicyclic) bond motifs is 2. The Kier molecular flexibility index (Phi) is 3.56. The first kappa shape index (κ1) is 13.4. The molecular weight excluding hydrogens is 240 g/mol. The van der Waals surface area contributed by atoms with Crippen molar-refractivity contribution in [2.75, 3.05) is 33.3 Å². The SMILES string of the molecule is COC1[C@@H]2CC[C@H]1CN(C(=O)C1(C)CCCNC1)C2. The fourth-order valence-corrected chi connectivity index (χ4v) is 4.34. The van der Waals surface area contributed by atoms with Crippen molar-refractivity contribution < 1.29 is 9.53 Å². The molecule has 1 amide bonds. The minimum Gasteiger partial charge on any atom is -0.381 e. The van der Waals surface area contributed by atoms with Gasteiger partial charge in [0, 0.05) is 38.6 Å². The molecule has 1 N–H and O–H groups in total. The van der Waals surface area contributed by atoms with Crippen LogP contribution in [-0.4, -0.2) is 50.2 Å². The molecule has 2 bridgehead atoms. The molecule has 0 aromatic heterocycles. The Balaban J connectivity index is 1.69. The maximum absolute atomic E-state index is 12.8. The fraction of sp³-hybridized carbons (Fsp3) is 0.933. The molecule has 3 rings (SSSR count). The van der Waals surface area contributed by atoms with Gasteiger partial charge in [-0.15, -0.1) is 0 Å². The Morgan fingerprint density at radius 1 is 1.32 bits per heavy atom. The third kappa shape index (κ3) is 2.29. The van der Waals surface area contributed by atoms with Crippen LogP contribution in [0.2, 0.25) is 0 Å². The van der Waals surface area contributed by atoms with E-state index in [1.807, 2.05) is 7.11 Å². The quantitative estimate of drug-likeness (QED) is 0.818. The number of methoxy groups -OCH3 is 1. The molecule has 0 aromatic rings. The van der Waals surface area contributed by atoms with Crippen LogP contribution >= 0.6 is 0 Å². The van der Waals surface area contributed by atoms with Gasteiger partial charge in [-0.1, -0.05) is 0 Å². The number of likely N-dealkylation sites (tertiary alicyclic amines) is 1. The van der Waals surface area contributed by atoms with Crippen LogP contribution in [0.4, 0.5) is 0 Å². The van der Waals surface area contributed by atoms with Crippen molar-refractivity contribution in [3.63, 3.8) is 0 Å². The summed E-state index contributed by atoms with van der Waals surface area (Å²) in [6.07, 6.45) is 4.98. The molecule has 2 heterocycles. The molecule has 0 radical (unpaired) electrons. The monoisotopic (exact) mass is 266 g/mol. The molecule has 4 heteroatoms. The van der Waals surface area contributed by atoms with E-state index < -0.39 is 0 Å². The third-order valence-electron chi connectivity index (χ3n) is 5.42. The van der Waals surface area contributed by atoms with Crippen molar-refractivity contribution >= 4 is 5.91 Å². The minimum atomic E-state index is -0.183. The molecule has 2 saturated heterocycles. The average molecular weight is 266 g/mol. The first-order chi connectivity index (χ1) is 9.14. The lowest BCUT2D eigenvalue weighted by atomic mass is 9.80. The third-order valence-corrected chi connectivity index (χ3v) is 5.42. The van der Waals surface area contributed by atoms with Crippen LogP contribution in [0.25, 0.3) is 0 Å². The molecule has 108 valence electrons. The number of rotatable bonds is 2. The van der Waals surface area contributed by atoms with Crippen molar-refractivity contribution in [2.24, 2.45) is 17.3 Å². The predicted octanol–water partition coefficient (Wildman–Crippen LogP) is 1.26. The van der Waals surface area contributed by atoms with E-state index in [0.717, 1.165) is 39.0 Å². The van der Waals surface area contributed by atoms with Crippen molar-refractivity contribution in [3.05, 3.63) is 0 Å². The van der Waals surface area contributed by atoms with Gasteiger partial charge >= 0.3 is 0 Å². The lowest BCUT2D eigenvalue weighted by Crippen LogP contribution is -2.55. The highest BCUT2D eigenvalue weighted by Crippen LogP contribution is 2.40. The van der Waals surface area contributed by atoms with Crippen LogP contribution < -0.4 is 5.32 Å². The first-order valence-corrected chi connectivity index (χ1v) is 7.67. The second-order valence-corrected chi connectivity index (χ2v) is 6.85. The van der Waals surface area contributed by atoms with Crippen LogP contribution in [0.15, 0.2) is 0 Å². The number of amides is 1. The topological polar surface area (TPSA) is 41.6 Å². The summed E-state index contributed by atoms with van der Waals surface area (Å²) >= 11 is 0. The Hall–Kier alpha value is -0.610. The highest BCUT2D eigenvalue weighted by molar-refractivity contribution is 5.83. The highest BCUT2D eigenvalue weighted by Gasteiger charge is 2.46. The van der Waals surface area contributed by atoms with Gasteiger partial charge in [0.15, 0.2) is 0 Å². The average Bonchev–Trinajstić information content (AvgIpc) is 2.67. The summed E-state index contributed by atoms with van der Waals surface area (Å²) in [5, 5.41) is 3.38. The van der Waals surface area contributed by atoms with Crippen LogP contribution in [0.1, 0.15) is 32.6 Å². The van der Waals surface area contributed by atoms with Gasteiger partial charge < -0.3 is 15.0 Å². The first-order valence-electron chi connectivity index (χ1n) is 7.67. The van der Waals surface area contributed by atoms with Gasteiger partial charge in [0.05, 0.1) is 11.5 Å². The van der Waals surface area contributed by atoms with Gasteiger partial charge in [0.25, 0.3) is 0 Å². The van der Waals surface area contributed by atoms with E-state index in [1.165, 1.54) is 12.8 Å². The summed E-state index contributed by atoms with van der Waals surface area (Å²) in [7, 11) is 1.82.